The van der Waals surface area contributed by atoms with Gasteiger partial charge >= 0.3 is 0 Å². The van der Waals surface area contributed by atoms with Crippen LogP contribution in [-0.4, -0.2) is 35.4 Å². The summed E-state index contributed by atoms with van der Waals surface area (Å²) in [6.45, 7) is 4.09. The maximum absolute atomic E-state index is 11.7. The summed E-state index contributed by atoms with van der Waals surface area (Å²) in [6, 6.07) is 5.75. The van der Waals surface area contributed by atoms with E-state index in [1.807, 2.05) is 30.0 Å². The van der Waals surface area contributed by atoms with E-state index in [-0.39, 0.29) is 5.91 Å². The van der Waals surface area contributed by atoms with Crippen molar-refractivity contribution in [1.82, 2.24) is 9.88 Å². The van der Waals surface area contributed by atoms with Crippen LogP contribution in [0.3, 0.4) is 0 Å². The number of aryl methyl sites for hydroxylation is 1. The van der Waals surface area contributed by atoms with Gasteiger partial charge in [0.05, 0.1) is 6.54 Å². The van der Waals surface area contributed by atoms with Gasteiger partial charge in [-0.2, -0.15) is 0 Å². The van der Waals surface area contributed by atoms with Gasteiger partial charge in [0.1, 0.15) is 5.82 Å². The van der Waals surface area contributed by atoms with E-state index in [9.17, 15) is 4.79 Å². The van der Waals surface area contributed by atoms with E-state index in [1.165, 1.54) is 0 Å². The van der Waals surface area contributed by atoms with Gasteiger partial charge in [0.25, 0.3) is 0 Å². The zero-order chi connectivity index (χ0) is 11.4. The molecule has 4 nitrogen and oxygen atoms in total. The monoisotopic (exact) mass is 219 g/mol. The molecule has 1 N–H and O–H groups in total. The first-order valence-corrected chi connectivity index (χ1v) is 5.71. The number of hydrogen-bond donors (Lipinski definition) is 1. The minimum absolute atomic E-state index is 0.167. The molecule has 0 radical (unpaired) electrons. The number of amides is 1. The van der Waals surface area contributed by atoms with Gasteiger partial charge in [-0.3, -0.25) is 4.79 Å². The van der Waals surface area contributed by atoms with Crippen molar-refractivity contribution in [3.63, 3.8) is 0 Å². The fourth-order valence-corrected chi connectivity index (χ4v) is 1.89. The topological polar surface area (TPSA) is 45.2 Å². The molecule has 1 amide bonds. The van der Waals surface area contributed by atoms with Crippen LogP contribution in [0.25, 0.3) is 0 Å². The van der Waals surface area contributed by atoms with Crippen LogP contribution in [0.2, 0.25) is 0 Å². The molecule has 0 saturated carbocycles. The number of carbonyl (C=O) groups is 1. The molecule has 2 rings (SSSR count). The van der Waals surface area contributed by atoms with Gasteiger partial charge in [0.2, 0.25) is 5.91 Å². The first-order valence-electron chi connectivity index (χ1n) is 5.71. The van der Waals surface area contributed by atoms with Crippen LogP contribution >= 0.6 is 0 Å². The third-order valence-corrected chi connectivity index (χ3v) is 2.77. The average Bonchev–Trinajstić information content (AvgIpc) is 2.79. The van der Waals surface area contributed by atoms with Gasteiger partial charge in [-0.05, 0) is 31.9 Å². The predicted molar refractivity (Wildman–Crippen MR) is 63.3 cm³/mol. The van der Waals surface area contributed by atoms with Gasteiger partial charge in [-0.1, -0.05) is 6.07 Å². The molecule has 16 heavy (non-hydrogen) atoms. The van der Waals surface area contributed by atoms with Crippen LogP contribution in [0.5, 0.6) is 0 Å². The summed E-state index contributed by atoms with van der Waals surface area (Å²) < 4.78 is 0. The van der Waals surface area contributed by atoms with Gasteiger partial charge in [0, 0.05) is 18.8 Å². The third-order valence-electron chi connectivity index (χ3n) is 2.77. The molecule has 0 atom stereocenters. The number of aromatic nitrogens is 1. The summed E-state index contributed by atoms with van der Waals surface area (Å²) in [4.78, 5) is 17.9. The fourth-order valence-electron chi connectivity index (χ4n) is 1.89. The van der Waals surface area contributed by atoms with Crippen molar-refractivity contribution in [3.05, 3.63) is 23.9 Å². The lowest BCUT2D eigenvalue weighted by atomic mass is 10.3. The number of anilines is 1. The Kier molecular flexibility index (Phi) is 3.39. The number of nitrogens with zero attached hydrogens (tertiary/aromatic N) is 2. The summed E-state index contributed by atoms with van der Waals surface area (Å²) >= 11 is 0. The maximum atomic E-state index is 11.7. The molecule has 0 aliphatic carbocycles. The molecule has 0 spiro atoms. The highest BCUT2D eigenvalue weighted by molar-refractivity contribution is 5.80. The zero-order valence-electron chi connectivity index (χ0n) is 9.57. The third kappa shape index (κ3) is 2.72. The van der Waals surface area contributed by atoms with Crippen molar-refractivity contribution in [2.75, 3.05) is 25.0 Å². The molecule has 1 fully saturated rings. The maximum Gasteiger partial charge on any atom is 0.241 e. The minimum atomic E-state index is 0.167. The Balaban J connectivity index is 1.84. The molecule has 2 heterocycles. The predicted octanol–water partition coefficient (Wildman–Crippen LogP) is 1.42. The van der Waals surface area contributed by atoms with Crippen LogP contribution < -0.4 is 5.32 Å². The highest BCUT2D eigenvalue weighted by Gasteiger charge is 2.17. The molecule has 1 aliphatic heterocycles. The average molecular weight is 219 g/mol. The van der Waals surface area contributed by atoms with Crippen molar-refractivity contribution < 1.29 is 4.79 Å². The number of rotatable bonds is 3. The van der Waals surface area contributed by atoms with E-state index in [1.54, 1.807) is 0 Å². The number of nitrogens with one attached hydrogen (secondary N) is 1. The van der Waals surface area contributed by atoms with Crippen molar-refractivity contribution in [2.45, 2.75) is 19.8 Å². The van der Waals surface area contributed by atoms with E-state index in [0.29, 0.717) is 6.54 Å². The summed E-state index contributed by atoms with van der Waals surface area (Å²) in [6.07, 6.45) is 2.27. The summed E-state index contributed by atoms with van der Waals surface area (Å²) in [5.41, 5.74) is 0.957. The highest BCUT2D eigenvalue weighted by Crippen LogP contribution is 2.08. The van der Waals surface area contributed by atoms with Crippen molar-refractivity contribution >= 4 is 11.7 Å². The minimum Gasteiger partial charge on any atom is -0.361 e. The molecule has 0 bridgehead atoms. The summed E-state index contributed by atoms with van der Waals surface area (Å²) in [5.74, 6) is 0.938. The molecule has 0 unspecified atom stereocenters. The lowest BCUT2D eigenvalue weighted by Crippen LogP contribution is -2.33. The molecular formula is C12H17N3O. The number of pyridine rings is 1. The van der Waals surface area contributed by atoms with Crippen LogP contribution in [0, 0.1) is 6.92 Å². The molecule has 1 saturated heterocycles. The van der Waals surface area contributed by atoms with Crippen LogP contribution in [0.4, 0.5) is 5.82 Å². The van der Waals surface area contributed by atoms with Gasteiger partial charge in [-0.15, -0.1) is 0 Å². The number of carbonyl (C=O) groups excluding carboxylic acids is 1. The Morgan fingerprint density at radius 3 is 2.88 bits per heavy atom. The summed E-state index contributed by atoms with van der Waals surface area (Å²) in [5, 5.41) is 3.06. The number of hydrogen-bond acceptors (Lipinski definition) is 3. The molecular weight excluding hydrogens is 202 g/mol. The molecule has 1 aliphatic rings. The largest absolute Gasteiger partial charge is 0.361 e. The highest BCUT2D eigenvalue weighted by atomic mass is 16.2. The van der Waals surface area contributed by atoms with Crippen molar-refractivity contribution in [3.8, 4) is 0 Å². The molecule has 86 valence electrons. The van der Waals surface area contributed by atoms with E-state index < -0.39 is 0 Å². The lowest BCUT2D eigenvalue weighted by molar-refractivity contribution is -0.128. The van der Waals surface area contributed by atoms with Crippen LogP contribution in [0.1, 0.15) is 18.5 Å². The van der Waals surface area contributed by atoms with E-state index in [2.05, 4.69) is 10.3 Å². The molecule has 4 heteroatoms. The Hall–Kier alpha value is -1.58. The van der Waals surface area contributed by atoms with Crippen molar-refractivity contribution in [2.24, 2.45) is 0 Å². The van der Waals surface area contributed by atoms with E-state index in [0.717, 1.165) is 37.4 Å². The second kappa shape index (κ2) is 4.96. The first-order chi connectivity index (χ1) is 7.75. The second-order valence-electron chi connectivity index (χ2n) is 4.11. The second-order valence-corrected chi connectivity index (χ2v) is 4.11. The fraction of sp³-hybridized carbons (Fsp3) is 0.500. The standard InChI is InChI=1S/C12H17N3O/c1-10-5-4-6-11(14-10)13-9-12(16)15-7-2-3-8-15/h4-6H,2-3,7-9H2,1H3,(H,13,14). The van der Waals surface area contributed by atoms with E-state index in [4.69, 9.17) is 0 Å². The molecule has 1 aromatic heterocycles. The Bertz CT molecular complexity index is 372. The normalized spacial score (nSPS) is 15.2. The lowest BCUT2D eigenvalue weighted by Gasteiger charge is -2.15. The molecule has 0 aromatic carbocycles. The van der Waals surface area contributed by atoms with Crippen molar-refractivity contribution in [1.29, 1.82) is 0 Å². The SMILES string of the molecule is Cc1cccc(NCC(=O)N2CCCC2)n1. The van der Waals surface area contributed by atoms with Gasteiger partial charge in [0.15, 0.2) is 0 Å². The number of likely N-dealkylation sites (tertiary alicyclic amines) is 1. The molecule has 1 aromatic rings. The zero-order valence-corrected chi connectivity index (χ0v) is 9.57. The van der Waals surface area contributed by atoms with Gasteiger partial charge in [-0.25, -0.2) is 4.98 Å². The quantitative estimate of drug-likeness (QED) is 0.836. The van der Waals surface area contributed by atoms with Crippen LogP contribution in [-0.2, 0) is 4.79 Å². The Morgan fingerprint density at radius 2 is 2.19 bits per heavy atom. The van der Waals surface area contributed by atoms with Gasteiger partial charge < -0.3 is 10.2 Å². The Morgan fingerprint density at radius 1 is 1.44 bits per heavy atom. The Labute approximate surface area is 95.7 Å². The van der Waals surface area contributed by atoms with Crippen LogP contribution in [0.15, 0.2) is 18.2 Å². The summed E-state index contributed by atoms with van der Waals surface area (Å²) in [7, 11) is 0. The first kappa shape index (κ1) is 10.9. The van der Waals surface area contributed by atoms with E-state index >= 15 is 0 Å². The smallest absolute Gasteiger partial charge is 0.241 e.